The zero-order valence-corrected chi connectivity index (χ0v) is 8.73. The molecule has 0 aliphatic heterocycles. The zero-order valence-electron chi connectivity index (χ0n) is 7.16. The first-order valence-electron chi connectivity index (χ1n) is 4.10. The summed E-state index contributed by atoms with van der Waals surface area (Å²) in [7, 11) is 1.42. The van der Waals surface area contributed by atoms with Crippen molar-refractivity contribution in [3.8, 4) is 0 Å². The second-order valence-corrected chi connectivity index (χ2v) is 5.69. The lowest BCUT2D eigenvalue weighted by Crippen LogP contribution is -2.01. The Kier molecular flexibility index (Phi) is 2.12. The number of ketones is 1. The monoisotopic (exact) mass is 230 g/mol. The highest BCUT2D eigenvalue weighted by molar-refractivity contribution is 8.13. The van der Waals surface area contributed by atoms with Crippen LogP contribution in [0.4, 0.5) is 0 Å². The molecule has 1 aromatic carbocycles. The van der Waals surface area contributed by atoms with Crippen LogP contribution >= 0.6 is 10.7 Å². The van der Waals surface area contributed by atoms with Crippen molar-refractivity contribution in [3.63, 3.8) is 0 Å². The normalized spacial score (nSPS) is 15.6. The molecule has 0 N–H and O–H groups in total. The molecular weight excluding hydrogens is 224 g/mol. The highest BCUT2D eigenvalue weighted by Crippen LogP contribution is 2.29. The number of Topliss-reactive ketones (excluding diaryl/α,β-unsaturated/α-hetero) is 1. The Labute approximate surface area is 86.1 Å². The predicted octanol–water partition coefficient (Wildman–Crippen LogP) is 1.74. The largest absolute Gasteiger partial charge is 0.294 e. The molecule has 0 heterocycles. The summed E-state index contributed by atoms with van der Waals surface area (Å²) >= 11 is 0. The van der Waals surface area contributed by atoms with Gasteiger partial charge < -0.3 is 0 Å². The third kappa shape index (κ3) is 1.44. The Hall–Kier alpha value is -0.870. The predicted molar refractivity (Wildman–Crippen MR) is 52.1 cm³/mol. The van der Waals surface area contributed by atoms with Crippen LogP contribution in [0.15, 0.2) is 23.1 Å². The van der Waals surface area contributed by atoms with Gasteiger partial charge in [0.25, 0.3) is 9.05 Å². The summed E-state index contributed by atoms with van der Waals surface area (Å²) in [5.74, 6) is -0.139. The first kappa shape index (κ1) is 9.68. The number of aryl methyl sites for hydroxylation is 1. The topological polar surface area (TPSA) is 51.2 Å². The van der Waals surface area contributed by atoms with Crippen LogP contribution in [0, 0.1) is 0 Å². The summed E-state index contributed by atoms with van der Waals surface area (Å²) in [6.07, 6.45) is 0.979. The first-order valence-corrected chi connectivity index (χ1v) is 6.41. The Morgan fingerprint density at radius 2 is 1.93 bits per heavy atom. The molecule has 2 rings (SSSR count). The van der Waals surface area contributed by atoms with E-state index in [1.807, 2.05) is 0 Å². The molecule has 1 aliphatic carbocycles. The fourth-order valence-corrected chi connectivity index (χ4v) is 2.79. The summed E-state index contributed by atoms with van der Waals surface area (Å²) in [5, 5.41) is 0. The molecule has 0 atom stereocenters. The molecule has 1 aliphatic rings. The second-order valence-electron chi connectivity index (χ2n) is 3.15. The van der Waals surface area contributed by atoms with E-state index in [1.165, 1.54) is 6.07 Å². The van der Waals surface area contributed by atoms with E-state index in [1.54, 1.807) is 12.1 Å². The molecule has 0 saturated carbocycles. The van der Waals surface area contributed by atoms with Crippen LogP contribution in [0.5, 0.6) is 0 Å². The van der Waals surface area contributed by atoms with E-state index in [-0.39, 0.29) is 16.2 Å². The Morgan fingerprint density at radius 3 is 2.57 bits per heavy atom. The van der Waals surface area contributed by atoms with Crippen molar-refractivity contribution in [1.29, 1.82) is 0 Å². The van der Waals surface area contributed by atoms with E-state index in [0.29, 0.717) is 12.8 Å². The average Bonchev–Trinajstić information content (AvgIpc) is 2.46. The molecule has 74 valence electrons. The van der Waals surface area contributed by atoms with Crippen molar-refractivity contribution in [3.05, 3.63) is 29.3 Å². The van der Waals surface area contributed by atoms with Crippen molar-refractivity contribution >= 4 is 25.5 Å². The van der Waals surface area contributed by atoms with Gasteiger partial charge in [-0.15, -0.1) is 0 Å². The van der Waals surface area contributed by atoms with Gasteiger partial charge in [-0.3, -0.25) is 4.79 Å². The van der Waals surface area contributed by atoms with Crippen molar-refractivity contribution < 1.29 is 13.2 Å². The van der Waals surface area contributed by atoms with Crippen LogP contribution in [0.1, 0.15) is 22.3 Å². The minimum Gasteiger partial charge on any atom is -0.294 e. The lowest BCUT2D eigenvalue weighted by Gasteiger charge is -2.02. The first-order chi connectivity index (χ1) is 6.50. The Balaban J connectivity index is 2.76. The molecule has 3 nitrogen and oxygen atoms in total. The van der Waals surface area contributed by atoms with Crippen LogP contribution in [0.2, 0.25) is 0 Å². The van der Waals surface area contributed by atoms with Crippen molar-refractivity contribution in [2.75, 3.05) is 0 Å². The van der Waals surface area contributed by atoms with Gasteiger partial charge in [-0.05, 0) is 18.1 Å². The number of benzene rings is 1. The number of carbonyl (C=O) groups is 1. The maximum absolute atomic E-state index is 11.4. The smallest absolute Gasteiger partial charge is 0.262 e. The molecule has 0 aromatic heterocycles. The van der Waals surface area contributed by atoms with Gasteiger partial charge in [-0.1, -0.05) is 12.1 Å². The van der Waals surface area contributed by atoms with Crippen molar-refractivity contribution in [2.45, 2.75) is 17.7 Å². The summed E-state index contributed by atoms with van der Waals surface area (Å²) in [4.78, 5) is 11.4. The number of rotatable bonds is 1. The third-order valence-electron chi connectivity index (χ3n) is 2.28. The van der Waals surface area contributed by atoms with Crippen LogP contribution < -0.4 is 0 Å². The minimum atomic E-state index is -3.81. The molecule has 0 bridgehead atoms. The quantitative estimate of drug-likeness (QED) is 0.691. The Bertz CT molecular complexity index is 505. The fourth-order valence-electron chi connectivity index (χ4n) is 1.68. The second kappa shape index (κ2) is 3.07. The van der Waals surface area contributed by atoms with Gasteiger partial charge in [0.2, 0.25) is 0 Å². The summed E-state index contributed by atoms with van der Waals surface area (Å²) in [6, 6.07) is 4.73. The zero-order chi connectivity index (χ0) is 10.3. The molecule has 14 heavy (non-hydrogen) atoms. The third-order valence-corrected chi connectivity index (χ3v) is 3.64. The van der Waals surface area contributed by atoms with Gasteiger partial charge in [-0.25, -0.2) is 8.42 Å². The lowest BCUT2D eigenvalue weighted by atomic mass is 10.1. The molecule has 0 radical (unpaired) electrons. The maximum atomic E-state index is 11.4. The van der Waals surface area contributed by atoms with Gasteiger partial charge in [0, 0.05) is 22.7 Å². The number of hydrogen-bond acceptors (Lipinski definition) is 3. The molecule has 0 fully saturated rings. The summed E-state index contributed by atoms with van der Waals surface area (Å²) in [6.45, 7) is 0. The van der Waals surface area contributed by atoms with E-state index >= 15 is 0 Å². The van der Waals surface area contributed by atoms with Crippen LogP contribution in [0.3, 0.4) is 0 Å². The molecule has 0 spiro atoms. The SMILES string of the molecule is O=C1CCc2cccc(S(=O)(=O)Cl)c21. The number of carbonyl (C=O) groups excluding carboxylic acids is 1. The van der Waals surface area contributed by atoms with E-state index in [2.05, 4.69) is 0 Å². The minimum absolute atomic E-state index is 0.0563. The lowest BCUT2D eigenvalue weighted by molar-refractivity contribution is 0.0992. The van der Waals surface area contributed by atoms with Gasteiger partial charge in [0.05, 0.1) is 4.90 Å². The van der Waals surface area contributed by atoms with Crippen LogP contribution in [0.25, 0.3) is 0 Å². The van der Waals surface area contributed by atoms with Gasteiger partial charge >= 0.3 is 0 Å². The summed E-state index contributed by atoms with van der Waals surface area (Å²) < 4.78 is 22.3. The number of halogens is 1. The van der Waals surface area contributed by atoms with Gasteiger partial charge in [0.1, 0.15) is 0 Å². The standard InChI is InChI=1S/C9H7ClO3S/c10-14(12,13)8-3-1-2-6-4-5-7(11)9(6)8/h1-3H,4-5H2. The number of fused-ring (bicyclic) bond motifs is 1. The fraction of sp³-hybridized carbons (Fsp3) is 0.222. The van der Waals surface area contributed by atoms with Crippen LogP contribution in [-0.4, -0.2) is 14.2 Å². The van der Waals surface area contributed by atoms with E-state index in [9.17, 15) is 13.2 Å². The highest BCUT2D eigenvalue weighted by atomic mass is 35.7. The molecule has 5 heteroatoms. The Morgan fingerprint density at radius 1 is 1.21 bits per heavy atom. The number of hydrogen-bond donors (Lipinski definition) is 0. The molecule has 0 amide bonds. The molecule has 0 saturated heterocycles. The highest BCUT2D eigenvalue weighted by Gasteiger charge is 2.27. The molecule has 1 aromatic rings. The van der Waals surface area contributed by atoms with E-state index in [0.717, 1.165) is 5.56 Å². The van der Waals surface area contributed by atoms with E-state index in [4.69, 9.17) is 10.7 Å². The van der Waals surface area contributed by atoms with Crippen molar-refractivity contribution in [2.24, 2.45) is 0 Å². The van der Waals surface area contributed by atoms with Gasteiger partial charge in [-0.2, -0.15) is 0 Å². The molecular formula is C9H7ClO3S. The van der Waals surface area contributed by atoms with E-state index < -0.39 is 9.05 Å². The van der Waals surface area contributed by atoms with Crippen LogP contribution in [-0.2, 0) is 15.5 Å². The summed E-state index contributed by atoms with van der Waals surface area (Å²) in [5.41, 5.74) is 1.05. The maximum Gasteiger partial charge on any atom is 0.262 e. The average molecular weight is 231 g/mol. The molecule has 0 unspecified atom stereocenters. The van der Waals surface area contributed by atoms with Crippen molar-refractivity contribution in [1.82, 2.24) is 0 Å². The van der Waals surface area contributed by atoms with Gasteiger partial charge in [0.15, 0.2) is 5.78 Å².